The SMILES string of the molecule is CCCN(CC(F)(F)F)c1ncncc1C(=N)N. The third kappa shape index (κ3) is 3.86. The van der Waals surface area contributed by atoms with Gasteiger partial charge in [-0.05, 0) is 6.42 Å². The van der Waals surface area contributed by atoms with E-state index in [2.05, 4.69) is 9.97 Å². The summed E-state index contributed by atoms with van der Waals surface area (Å²) in [6, 6.07) is 0. The highest BCUT2D eigenvalue weighted by Gasteiger charge is 2.32. The molecule has 1 aromatic rings. The monoisotopic (exact) mass is 261 g/mol. The average Bonchev–Trinajstić information content (AvgIpc) is 2.26. The van der Waals surface area contributed by atoms with Gasteiger partial charge in [-0.2, -0.15) is 13.2 Å². The lowest BCUT2D eigenvalue weighted by atomic mass is 10.2. The van der Waals surface area contributed by atoms with Gasteiger partial charge in [0, 0.05) is 12.7 Å². The summed E-state index contributed by atoms with van der Waals surface area (Å²) >= 11 is 0. The number of alkyl halides is 3. The Labute approximate surface area is 102 Å². The Kier molecular flexibility index (Phi) is 4.46. The normalized spacial score (nSPS) is 11.3. The van der Waals surface area contributed by atoms with Crippen molar-refractivity contribution in [3.05, 3.63) is 18.1 Å². The molecule has 5 nitrogen and oxygen atoms in total. The van der Waals surface area contributed by atoms with E-state index in [0.717, 1.165) is 11.2 Å². The van der Waals surface area contributed by atoms with Crippen molar-refractivity contribution in [1.82, 2.24) is 9.97 Å². The number of hydrogen-bond donors (Lipinski definition) is 2. The van der Waals surface area contributed by atoms with Gasteiger partial charge in [0.2, 0.25) is 0 Å². The molecule has 1 rings (SSSR count). The minimum absolute atomic E-state index is 0.0386. The highest BCUT2D eigenvalue weighted by Crippen LogP contribution is 2.22. The predicted molar refractivity (Wildman–Crippen MR) is 61.6 cm³/mol. The number of nitrogens with one attached hydrogen (secondary N) is 1. The number of anilines is 1. The summed E-state index contributed by atoms with van der Waals surface area (Å²) in [7, 11) is 0. The highest BCUT2D eigenvalue weighted by atomic mass is 19.4. The van der Waals surface area contributed by atoms with E-state index in [1.165, 1.54) is 6.20 Å². The summed E-state index contributed by atoms with van der Waals surface area (Å²) in [6.07, 6.45) is -1.43. The van der Waals surface area contributed by atoms with E-state index in [9.17, 15) is 13.2 Å². The Morgan fingerprint density at radius 1 is 1.50 bits per heavy atom. The Balaban J connectivity index is 3.09. The van der Waals surface area contributed by atoms with Crippen LogP contribution in [0.1, 0.15) is 18.9 Å². The van der Waals surface area contributed by atoms with Gasteiger partial charge in [-0.25, -0.2) is 9.97 Å². The van der Waals surface area contributed by atoms with Gasteiger partial charge < -0.3 is 10.6 Å². The molecule has 18 heavy (non-hydrogen) atoms. The predicted octanol–water partition coefficient (Wildman–Crippen LogP) is 1.54. The van der Waals surface area contributed by atoms with Gasteiger partial charge in [0.15, 0.2) is 0 Å². The maximum Gasteiger partial charge on any atom is 0.405 e. The van der Waals surface area contributed by atoms with Gasteiger partial charge in [-0.1, -0.05) is 6.92 Å². The van der Waals surface area contributed by atoms with Crippen LogP contribution in [0.4, 0.5) is 19.0 Å². The molecule has 0 aliphatic rings. The molecule has 100 valence electrons. The lowest BCUT2D eigenvalue weighted by Gasteiger charge is -2.25. The van der Waals surface area contributed by atoms with Crippen LogP contribution in [0.5, 0.6) is 0 Å². The molecule has 1 aromatic heterocycles. The molecule has 0 fully saturated rings. The van der Waals surface area contributed by atoms with Crippen molar-refractivity contribution >= 4 is 11.7 Å². The van der Waals surface area contributed by atoms with Crippen LogP contribution in [0.15, 0.2) is 12.5 Å². The van der Waals surface area contributed by atoms with Gasteiger partial charge in [0.1, 0.15) is 24.5 Å². The van der Waals surface area contributed by atoms with Gasteiger partial charge in [-0.3, -0.25) is 5.41 Å². The fourth-order valence-electron chi connectivity index (χ4n) is 1.51. The lowest BCUT2D eigenvalue weighted by Crippen LogP contribution is -2.37. The Morgan fingerprint density at radius 2 is 2.17 bits per heavy atom. The van der Waals surface area contributed by atoms with E-state index < -0.39 is 12.7 Å². The maximum atomic E-state index is 12.5. The maximum absolute atomic E-state index is 12.5. The van der Waals surface area contributed by atoms with Crippen LogP contribution in [0.2, 0.25) is 0 Å². The molecule has 0 saturated heterocycles. The second-order valence-corrected chi connectivity index (χ2v) is 3.71. The number of halogens is 3. The zero-order valence-electron chi connectivity index (χ0n) is 9.83. The molecule has 8 heteroatoms. The van der Waals surface area contributed by atoms with Gasteiger partial charge in [0.05, 0.1) is 5.56 Å². The lowest BCUT2D eigenvalue weighted by molar-refractivity contribution is -0.119. The summed E-state index contributed by atoms with van der Waals surface area (Å²) in [5, 5.41) is 7.32. The Morgan fingerprint density at radius 3 is 2.67 bits per heavy atom. The van der Waals surface area contributed by atoms with E-state index in [-0.39, 0.29) is 23.8 Å². The number of nitrogens with two attached hydrogens (primary N) is 1. The van der Waals surface area contributed by atoms with Gasteiger partial charge >= 0.3 is 6.18 Å². The molecule has 0 amide bonds. The summed E-state index contributed by atoms with van der Waals surface area (Å²) in [5.41, 5.74) is 5.41. The van der Waals surface area contributed by atoms with Gasteiger partial charge in [0.25, 0.3) is 0 Å². The molecule has 0 aliphatic carbocycles. The van der Waals surface area contributed by atoms with Crippen molar-refractivity contribution in [2.45, 2.75) is 19.5 Å². The number of hydrogen-bond acceptors (Lipinski definition) is 4. The van der Waals surface area contributed by atoms with E-state index in [0.29, 0.717) is 6.42 Å². The third-order valence-corrected chi connectivity index (χ3v) is 2.14. The molecule has 0 aromatic carbocycles. The number of amidine groups is 1. The van der Waals surface area contributed by atoms with Crippen molar-refractivity contribution in [1.29, 1.82) is 5.41 Å². The van der Waals surface area contributed by atoms with Crippen LogP contribution in [-0.2, 0) is 0 Å². The number of nitrogens with zero attached hydrogens (tertiary/aromatic N) is 3. The number of aromatic nitrogens is 2. The second kappa shape index (κ2) is 5.65. The molecule has 0 atom stereocenters. The van der Waals surface area contributed by atoms with Crippen LogP contribution in [0.3, 0.4) is 0 Å². The minimum atomic E-state index is -4.34. The number of nitrogen functional groups attached to an aromatic ring is 1. The van der Waals surface area contributed by atoms with Crippen LogP contribution < -0.4 is 10.6 Å². The summed E-state index contributed by atoms with van der Waals surface area (Å²) in [4.78, 5) is 8.52. The van der Waals surface area contributed by atoms with Crippen molar-refractivity contribution < 1.29 is 13.2 Å². The summed E-state index contributed by atoms with van der Waals surface area (Å²) in [6.45, 7) is 0.812. The first-order chi connectivity index (χ1) is 8.35. The first-order valence-corrected chi connectivity index (χ1v) is 5.31. The Hall–Kier alpha value is -1.86. The first kappa shape index (κ1) is 14.2. The fraction of sp³-hybridized carbons (Fsp3) is 0.500. The van der Waals surface area contributed by atoms with Crippen LogP contribution >= 0.6 is 0 Å². The molecule has 0 radical (unpaired) electrons. The van der Waals surface area contributed by atoms with Crippen molar-refractivity contribution in [2.24, 2.45) is 5.73 Å². The quantitative estimate of drug-likeness (QED) is 0.622. The van der Waals surface area contributed by atoms with Crippen LogP contribution in [0.25, 0.3) is 0 Å². The number of rotatable bonds is 5. The van der Waals surface area contributed by atoms with E-state index >= 15 is 0 Å². The standard InChI is InChI=1S/C10H14F3N5/c1-2-3-18(5-10(11,12)13)9-7(8(14)15)4-16-6-17-9/h4,6H,2-3,5H2,1H3,(H3,14,15). The molecule has 3 N–H and O–H groups in total. The molecule has 0 unspecified atom stereocenters. The zero-order valence-corrected chi connectivity index (χ0v) is 9.83. The molecule has 0 saturated carbocycles. The molecular formula is C10H14F3N5. The zero-order chi connectivity index (χ0) is 13.8. The first-order valence-electron chi connectivity index (χ1n) is 5.31. The smallest absolute Gasteiger partial charge is 0.384 e. The summed E-state index contributed by atoms with van der Waals surface area (Å²) < 4.78 is 37.4. The van der Waals surface area contributed by atoms with E-state index in [1.807, 2.05) is 0 Å². The molecule has 0 bridgehead atoms. The molecule has 1 heterocycles. The second-order valence-electron chi connectivity index (χ2n) is 3.71. The van der Waals surface area contributed by atoms with Crippen molar-refractivity contribution in [3.8, 4) is 0 Å². The van der Waals surface area contributed by atoms with Crippen molar-refractivity contribution in [3.63, 3.8) is 0 Å². The van der Waals surface area contributed by atoms with Crippen molar-refractivity contribution in [2.75, 3.05) is 18.0 Å². The Bertz CT molecular complexity index is 418. The molecule has 0 aliphatic heterocycles. The van der Waals surface area contributed by atoms with E-state index in [1.54, 1.807) is 6.92 Å². The van der Waals surface area contributed by atoms with E-state index in [4.69, 9.17) is 11.1 Å². The minimum Gasteiger partial charge on any atom is -0.384 e. The van der Waals surface area contributed by atoms with Crippen LogP contribution in [-0.4, -0.2) is 35.1 Å². The van der Waals surface area contributed by atoms with Gasteiger partial charge in [-0.15, -0.1) is 0 Å². The fourth-order valence-corrected chi connectivity index (χ4v) is 1.51. The molecular weight excluding hydrogens is 247 g/mol. The molecule has 0 spiro atoms. The largest absolute Gasteiger partial charge is 0.405 e. The third-order valence-electron chi connectivity index (χ3n) is 2.14. The highest BCUT2D eigenvalue weighted by molar-refractivity contribution is 5.99. The summed E-state index contributed by atoms with van der Waals surface area (Å²) in [5.74, 6) is -0.314. The average molecular weight is 261 g/mol. The topological polar surface area (TPSA) is 78.9 Å². The van der Waals surface area contributed by atoms with Crippen LogP contribution in [0, 0.1) is 5.41 Å².